The Labute approximate surface area is 319 Å². The van der Waals surface area contributed by atoms with E-state index in [9.17, 15) is 19.2 Å². The Hall–Kier alpha value is -4.24. The van der Waals surface area contributed by atoms with E-state index in [1.807, 2.05) is 20.8 Å². The Morgan fingerprint density at radius 2 is 1.15 bits per heavy atom. The van der Waals surface area contributed by atoms with E-state index < -0.39 is 11.6 Å². The van der Waals surface area contributed by atoms with E-state index in [0.29, 0.717) is 23.4 Å². The van der Waals surface area contributed by atoms with Crippen LogP contribution in [0.1, 0.15) is 172 Å². The third kappa shape index (κ3) is 17.7. The molecule has 4 amide bonds. The Balaban J connectivity index is 0.000000294. The largest absolute Gasteiger partial charge is 0.481 e. The number of esters is 1. The lowest BCUT2D eigenvalue weighted by Gasteiger charge is -2.23. The maximum Gasteiger partial charge on any atom is 0.314 e. The van der Waals surface area contributed by atoms with Crippen molar-refractivity contribution in [2.24, 2.45) is 11.8 Å². The fourth-order valence-corrected chi connectivity index (χ4v) is 7.18. The standard InChI is InChI=1S/C21H36N4O4.C17H28N4O4/c1-21(2,3)28-18(26)13-16(12-8-11-15-9-6-5-7-10-15)19-24-17(25-29-19)14-23-20(27)22-4;1-18-17(24)19-11-14-20-16(25-21-14)13(10-15(22)23)9-5-8-12-6-3-2-4-7-12/h15-16H,5-14H2,1-4H3,(H2,22,23,27);12-13H,2-11H2,1H3,(H,22,23)(H2,18,19,24)/t16-;13-/m11/s1. The number of carbonyl (C=O) groups is 4. The van der Waals surface area contributed by atoms with Gasteiger partial charge in [-0.25, -0.2) is 9.59 Å². The van der Waals surface area contributed by atoms with Gasteiger partial charge in [0.1, 0.15) is 5.60 Å². The smallest absolute Gasteiger partial charge is 0.314 e. The molecule has 2 aromatic heterocycles. The van der Waals surface area contributed by atoms with E-state index >= 15 is 0 Å². The highest BCUT2D eigenvalue weighted by molar-refractivity contribution is 5.73. The molecule has 0 aliphatic heterocycles. The number of carboxylic acid groups (broad SMARTS) is 1. The fourth-order valence-electron chi connectivity index (χ4n) is 7.18. The first-order valence-corrected chi connectivity index (χ1v) is 19.8. The summed E-state index contributed by atoms with van der Waals surface area (Å²) in [5, 5.41) is 27.0. The highest BCUT2D eigenvalue weighted by atomic mass is 16.6. The molecule has 16 heteroatoms. The van der Waals surface area contributed by atoms with E-state index in [0.717, 1.165) is 43.9 Å². The lowest BCUT2D eigenvalue weighted by atomic mass is 9.84. The second kappa shape index (κ2) is 23.5. The summed E-state index contributed by atoms with van der Waals surface area (Å²) in [6, 6.07) is -0.643. The molecule has 5 N–H and O–H groups in total. The van der Waals surface area contributed by atoms with Crippen LogP contribution in [0.5, 0.6) is 0 Å². The van der Waals surface area contributed by atoms with Crippen LogP contribution in [0.4, 0.5) is 9.59 Å². The first kappa shape index (κ1) is 44.2. The summed E-state index contributed by atoms with van der Waals surface area (Å²) in [6.07, 6.45) is 19.2. The normalized spacial score (nSPS) is 16.3. The molecule has 2 aliphatic carbocycles. The van der Waals surface area contributed by atoms with Gasteiger partial charge in [0.25, 0.3) is 0 Å². The van der Waals surface area contributed by atoms with Gasteiger partial charge >= 0.3 is 24.0 Å². The van der Waals surface area contributed by atoms with Crippen LogP contribution in [0.25, 0.3) is 0 Å². The predicted molar refractivity (Wildman–Crippen MR) is 200 cm³/mol. The molecular formula is C38H64N8O8. The van der Waals surface area contributed by atoms with Crippen molar-refractivity contribution in [2.45, 2.75) is 167 Å². The van der Waals surface area contributed by atoms with Gasteiger partial charge in [0.15, 0.2) is 11.6 Å². The molecule has 16 nitrogen and oxygen atoms in total. The number of hydrogen-bond acceptors (Lipinski definition) is 11. The van der Waals surface area contributed by atoms with Gasteiger partial charge in [0.05, 0.1) is 25.9 Å². The summed E-state index contributed by atoms with van der Waals surface area (Å²) in [5.41, 5.74) is -0.527. The number of rotatable bonds is 18. The van der Waals surface area contributed by atoms with Crippen LogP contribution in [0.15, 0.2) is 9.05 Å². The van der Waals surface area contributed by atoms with Gasteiger partial charge < -0.3 is 40.2 Å². The minimum atomic E-state index is -0.870. The SMILES string of the molecule is CNC(=O)NCc1noc([C@H](CCCC2CCCCC2)CC(=O)O)n1.CNC(=O)NCc1noc([C@H](CCCC2CCCCC2)CC(=O)OC(C)(C)C)n1. The highest BCUT2D eigenvalue weighted by Gasteiger charge is 2.27. The zero-order valence-corrected chi connectivity index (χ0v) is 33.0. The molecular weight excluding hydrogens is 696 g/mol. The van der Waals surface area contributed by atoms with Crippen molar-refractivity contribution in [1.82, 2.24) is 41.5 Å². The van der Waals surface area contributed by atoms with Gasteiger partial charge in [-0.05, 0) is 45.4 Å². The number of nitrogens with one attached hydrogen (secondary N) is 4. The molecule has 0 bridgehead atoms. The molecule has 0 saturated heterocycles. The van der Waals surface area contributed by atoms with Crippen molar-refractivity contribution in [1.29, 1.82) is 0 Å². The molecule has 2 heterocycles. The zero-order chi connectivity index (χ0) is 39.3. The number of aromatic nitrogens is 4. The van der Waals surface area contributed by atoms with E-state index in [-0.39, 0.29) is 55.8 Å². The molecule has 4 rings (SSSR count). The van der Waals surface area contributed by atoms with Crippen LogP contribution < -0.4 is 21.3 Å². The lowest BCUT2D eigenvalue weighted by molar-refractivity contribution is -0.155. The Kier molecular flexibility index (Phi) is 19.2. The Morgan fingerprint density at radius 1 is 0.722 bits per heavy atom. The number of amides is 4. The second-order valence-electron chi connectivity index (χ2n) is 15.6. The van der Waals surface area contributed by atoms with Crippen molar-refractivity contribution < 1.29 is 38.1 Å². The fraction of sp³-hybridized carbons (Fsp3) is 0.789. The average molecular weight is 761 g/mol. The summed E-state index contributed by atoms with van der Waals surface area (Å²) in [4.78, 5) is 54.7. The van der Waals surface area contributed by atoms with Gasteiger partial charge in [0.2, 0.25) is 11.8 Å². The van der Waals surface area contributed by atoms with Crippen LogP contribution in [-0.2, 0) is 27.4 Å². The van der Waals surface area contributed by atoms with E-state index in [1.54, 1.807) is 7.05 Å². The monoisotopic (exact) mass is 760 g/mol. The van der Waals surface area contributed by atoms with Crippen LogP contribution in [-0.4, -0.2) is 69.1 Å². The first-order valence-electron chi connectivity index (χ1n) is 19.8. The summed E-state index contributed by atoms with van der Waals surface area (Å²) in [5.74, 6) is 1.51. The van der Waals surface area contributed by atoms with E-state index in [2.05, 4.69) is 41.5 Å². The topological polar surface area (TPSA) is 224 Å². The number of ether oxygens (including phenoxy) is 1. The number of carboxylic acids is 1. The molecule has 2 fully saturated rings. The Bertz CT molecular complexity index is 1410. The molecule has 304 valence electrons. The van der Waals surface area contributed by atoms with Crippen LogP contribution in [0, 0.1) is 11.8 Å². The summed E-state index contributed by atoms with van der Waals surface area (Å²) >= 11 is 0. The Morgan fingerprint density at radius 3 is 1.54 bits per heavy atom. The summed E-state index contributed by atoms with van der Waals surface area (Å²) in [6.45, 7) is 5.89. The summed E-state index contributed by atoms with van der Waals surface area (Å²) < 4.78 is 16.2. The second-order valence-corrected chi connectivity index (χ2v) is 15.6. The molecule has 0 aromatic carbocycles. The van der Waals surface area contributed by atoms with Gasteiger partial charge in [-0.2, -0.15) is 9.97 Å². The zero-order valence-electron chi connectivity index (χ0n) is 33.0. The van der Waals surface area contributed by atoms with Crippen molar-refractivity contribution in [3.63, 3.8) is 0 Å². The maximum absolute atomic E-state index is 12.4. The van der Waals surface area contributed by atoms with Crippen molar-refractivity contribution in [3.05, 3.63) is 23.4 Å². The van der Waals surface area contributed by atoms with Crippen LogP contribution >= 0.6 is 0 Å². The molecule has 0 radical (unpaired) electrons. The quantitative estimate of drug-likeness (QED) is 0.0982. The third-order valence-electron chi connectivity index (χ3n) is 9.97. The molecule has 54 heavy (non-hydrogen) atoms. The molecule has 2 aliphatic rings. The minimum Gasteiger partial charge on any atom is -0.481 e. The molecule has 2 atom stereocenters. The first-order chi connectivity index (χ1) is 25.8. The van der Waals surface area contributed by atoms with Gasteiger partial charge in [-0.3, -0.25) is 9.59 Å². The average Bonchev–Trinajstić information content (AvgIpc) is 3.83. The predicted octanol–water partition coefficient (Wildman–Crippen LogP) is 6.87. The van der Waals surface area contributed by atoms with Gasteiger partial charge in [-0.1, -0.05) is 100 Å². The van der Waals surface area contributed by atoms with Crippen molar-refractivity contribution in [2.75, 3.05) is 14.1 Å². The highest BCUT2D eigenvalue weighted by Crippen LogP contribution is 2.33. The lowest BCUT2D eigenvalue weighted by Crippen LogP contribution is -2.32. The van der Waals surface area contributed by atoms with E-state index in [1.165, 1.54) is 77.7 Å². The summed E-state index contributed by atoms with van der Waals surface area (Å²) in [7, 11) is 3.06. The van der Waals surface area contributed by atoms with Crippen molar-refractivity contribution >= 4 is 24.0 Å². The van der Waals surface area contributed by atoms with Crippen LogP contribution in [0.2, 0.25) is 0 Å². The third-order valence-corrected chi connectivity index (χ3v) is 9.97. The number of carbonyl (C=O) groups excluding carboxylic acids is 3. The molecule has 0 spiro atoms. The number of nitrogens with zero attached hydrogens (tertiary/aromatic N) is 4. The van der Waals surface area contributed by atoms with Gasteiger partial charge in [-0.15, -0.1) is 0 Å². The molecule has 0 unspecified atom stereocenters. The minimum absolute atomic E-state index is 0.0187. The number of aliphatic carboxylic acids is 1. The van der Waals surface area contributed by atoms with Crippen molar-refractivity contribution in [3.8, 4) is 0 Å². The molecule has 2 saturated carbocycles. The number of urea groups is 2. The molecule has 2 aromatic rings. The van der Waals surface area contributed by atoms with Gasteiger partial charge in [0, 0.05) is 25.9 Å². The number of hydrogen-bond donors (Lipinski definition) is 5. The van der Waals surface area contributed by atoms with E-state index in [4.69, 9.17) is 18.9 Å². The van der Waals surface area contributed by atoms with Crippen LogP contribution in [0.3, 0.4) is 0 Å². The maximum atomic E-state index is 12.4.